The summed E-state index contributed by atoms with van der Waals surface area (Å²) in [5.41, 5.74) is 0. The van der Waals surface area contributed by atoms with Gasteiger partial charge >= 0.3 is 0 Å². The van der Waals surface area contributed by atoms with E-state index in [1.807, 2.05) is 11.8 Å². The lowest BCUT2D eigenvalue weighted by Gasteiger charge is -2.33. The van der Waals surface area contributed by atoms with E-state index in [1.165, 1.54) is 6.42 Å². The number of piperidine rings is 1. The number of likely N-dealkylation sites (tertiary alicyclic amines) is 1. The molecule has 0 saturated carbocycles. The lowest BCUT2D eigenvalue weighted by Crippen LogP contribution is -2.43. The number of rotatable bonds is 2. The number of carbonyl (C=O) groups excluding carboxylic acids is 1. The fourth-order valence-electron chi connectivity index (χ4n) is 1.70. The molecule has 14 heavy (non-hydrogen) atoms. The van der Waals surface area contributed by atoms with Crippen LogP contribution in [0.2, 0.25) is 0 Å². The maximum absolute atomic E-state index is 12.0. The van der Waals surface area contributed by atoms with Gasteiger partial charge in [0.1, 0.15) is 0 Å². The third-order valence-corrected chi connectivity index (χ3v) is 3.81. The van der Waals surface area contributed by atoms with Gasteiger partial charge in [0, 0.05) is 23.8 Å². The average Bonchev–Trinajstić information content (AvgIpc) is 2.15. The Bertz CT molecular complexity index is 205. The molecule has 82 valence electrons. The minimum Gasteiger partial charge on any atom is -0.341 e. The third-order valence-electron chi connectivity index (χ3n) is 3.07. The van der Waals surface area contributed by atoms with Crippen LogP contribution in [0.1, 0.15) is 33.6 Å². The van der Waals surface area contributed by atoms with Crippen molar-refractivity contribution in [3.05, 3.63) is 0 Å². The van der Waals surface area contributed by atoms with Gasteiger partial charge in [0.25, 0.3) is 0 Å². The van der Waals surface area contributed by atoms with Crippen LogP contribution < -0.4 is 0 Å². The van der Waals surface area contributed by atoms with Crippen LogP contribution in [0.5, 0.6) is 0 Å². The Morgan fingerprint density at radius 1 is 1.43 bits per heavy atom. The largest absolute Gasteiger partial charge is 0.341 e. The first-order valence-corrected chi connectivity index (χ1v) is 6.36. The average molecular weight is 262 g/mol. The maximum Gasteiger partial charge on any atom is 0.225 e. The summed E-state index contributed by atoms with van der Waals surface area (Å²) in [5.74, 6) is 0.926. The van der Waals surface area contributed by atoms with E-state index in [0.29, 0.717) is 16.7 Å². The molecule has 1 aliphatic heterocycles. The summed E-state index contributed by atoms with van der Waals surface area (Å²) < 4.78 is 0. The van der Waals surface area contributed by atoms with E-state index in [0.717, 1.165) is 19.5 Å². The van der Waals surface area contributed by atoms with Crippen molar-refractivity contribution in [2.75, 3.05) is 13.1 Å². The second kappa shape index (κ2) is 5.15. The summed E-state index contributed by atoms with van der Waals surface area (Å²) in [7, 11) is 0. The van der Waals surface area contributed by atoms with Crippen molar-refractivity contribution >= 4 is 21.8 Å². The molecular formula is C11H20BrNO. The molecular weight excluding hydrogens is 242 g/mol. The summed E-state index contributed by atoms with van der Waals surface area (Å²) in [6, 6.07) is 0. The molecule has 0 spiro atoms. The van der Waals surface area contributed by atoms with Crippen LogP contribution >= 0.6 is 15.9 Å². The first-order valence-electron chi connectivity index (χ1n) is 5.45. The lowest BCUT2D eigenvalue weighted by atomic mass is 9.95. The first-order chi connectivity index (χ1) is 6.52. The molecule has 2 atom stereocenters. The van der Waals surface area contributed by atoms with Crippen LogP contribution in [-0.2, 0) is 4.79 Å². The smallest absolute Gasteiger partial charge is 0.225 e. The van der Waals surface area contributed by atoms with Crippen molar-refractivity contribution in [2.45, 2.75) is 38.4 Å². The Morgan fingerprint density at radius 3 is 2.57 bits per heavy atom. The molecule has 0 aromatic rings. The van der Waals surface area contributed by atoms with Gasteiger partial charge in [-0.15, -0.1) is 0 Å². The Labute approximate surface area is 95.2 Å². The van der Waals surface area contributed by atoms with Crippen molar-refractivity contribution in [1.82, 2.24) is 4.90 Å². The molecule has 2 unspecified atom stereocenters. The molecule has 1 saturated heterocycles. The van der Waals surface area contributed by atoms with Crippen LogP contribution in [0.3, 0.4) is 0 Å². The predicted molar refractivity (Wildman–Crippen MR) is 62.5 cm³/mol. The fourth-order valence-corrected chi connectivity index (χ4v) is 2.37. The third kappa shape index (κ3) is 2.97. The molecule has 1 heterocycles. The zero-order valence-electron chi connectivity index (χ0n) is 9.29. The van der Waals surface area contributed by atoms with E-state index in [4.69, 9.17) is 0 Å². The number of carbonyl (C=O) groups is 1. The summed E-state index contributed by atoms with van der Waals surface area (Å²) in [4.78, 5) is 14.5. The van der Waals surface area contributed by atoms with Gasteiger partial charge in [0.15, 0.2) is 0 Å². The topological polar surface area (TPSA) is 20.3 Å². The van der Waals surface area contributed by atoms with Crippen LogP contribution in [0, 0.1) is 11.8 Å². The van der Waals surface area contributed by atoms with E-state index >= 15 is 0 Å². The number of hydrogen-bond acceptors (Lipinski definition) is 1. The van der Waals surface area contributed by atoms with Gasteiger partial charge in [-0.25, -0.2) is 0 Å². The summed E-state index contributed by atoms with van der Waals surface area (Å²) in [6.45, 7) is 8.08. The number of alkyl halides is 1. The van der Waals surface area contributed by atoms with Crippen molar-refractivity contribution in [1.29, 1.82) is 0 Å². The molecule has 1 rings (SSSR count). The molecule has 0 N–H and O–H groups in total. The fraction of sp³-hybridized carbons (Fsp3) is 0.909. The highest BCUT2D eigenvalue weighted by molar-refractivity contribution is 9.09. The molecule has 2 nitrogen and oxygen atoms in total. The number of halogens is 1. The Kier molecular flexibility index (Phi) is 4.42. The van der Waals surface area contributed by atoms with Gasteiger partial charge in [0.2, 0.25) is 5.91 Å². The number of nitrogens with zero attached hydrogens (tertiary/aromatic N) is 1. The lowest BCUT2D eigenvalue weighted by molar-refractivity contribution is -0.137. The van der Waals surface area contributed by atoms with Crippen molar-refractivity contribution < 1.29 is 4.79 Å². The number of amides is 1. The zero-order chi connectivity index (χ0) is 10.7. The van der Waals surface area contributed by atoms with Crippen LogP contribution in [0.15, 0.2) is 0 Å². The molecule has 0 aromatic carbocycles. The maximum atomic E-state index is 12.0. The second-order valence-electron chi connectivity index (χ2n) is 4.56. The Balaban J connectivity index is 2.51. The Morgan fingerprint density at radius 2 is 2.07 bits per heavy atom. The van der Waals surface area contributed by atoms with Crippen LogP contribution in [0.4, 0.5) is 0 Å². The highest BCUT2D eigenvalue weighted by Gasteiger charge is 2.26. The quantitative estimate of drug-likeness (QED) is 0.700. The second-order valence-corrected chi connectivity index (χ2v) is 5.85. The van der Waals surface area contributed by atoms with E-state index < -0.39 is 0 Å². The molecule has 0 bridgehead atoms. The predicted octanol–water partition coefficient (Wildman–Crippen LogP) is 2.66. The van der Waals surface area contributed by atoms with Gasteiger partial charge in [0.05, 0.1) is 0 Å². The van der Waals surface area contributed by atoms with E-state index in [-0.39, 0.29) is 5.92 Å². The first kappa shape index (κ1) is 12.0. The minimum absolute atomic E-state index is 0.160. The zero-order valence-corrected chi connectivity index (χ0v) is 10.9. The van der Waals surface area contributed by atoms with Crippen molar-refractivity contribution in [2.24, 2.45) is 11.8 Å². The van der Waals surface area contributed by atoms with E-state index in [1.54, 1.807) is 0 Å². The molecule has 0 aromatic heterocycles. The van der Waals surface area contributed by atoms with Gasteiger partial charge in [-0.1, -0.05) is 36.7 Å². The van der Waals surface area contributed by atoms with Crippen LogP contribution in [-0.4, -0.2) is 28.7 Å². The molecule has 1 amide bonds. The molecule has 0 radical (unpaired) electrons. The van der Waals surface area contributed by atoms with Crippen molar-refractivity contribution in [3.8, 4) is 0 Å². The van der Waals surface area contributed by atoms with Gasteiger partial charge in [-0.3, -0.25) is 4.79 Å². The van der Waals surface area contributed by atoms with Gasteiger partial charge < -0.3 is 4.90 Å². The van der Waals surface area contributed by atoms with Gasteiger partial charge in [-0.05, 0) is 18.8 Å². The SMILES string of the molecule is CC(C)C(C)C(=O)N1CCCC(Br)C1. The Hall–Kier alpha value is -0.0500. The van der Waals surface area contributed by atoms with Crippen molar-refractivity contribution in [3.63, 3.8) is 0 Å². The minimum atomic E-state index is 0.160. The highest BCUT2D eigenvalue weighted by atomic mass is 79.9. The van der Waals surface area contributed by atoms with E-state index in [2.05, 4.69) is 29.8 Å². The molecule has 1 aliphatic rings. The number of hydrogen-bond donors (Lipinski definition) is 0. The summed E-state index contributed by atoms with van der Waals surface area (Å²) in [5, 5.41) is 0. The molecule has 0 aliphatic carbocycles. The normalized spacial score (nSPS) is 25.2. The molecule has 3 heteroatoms. The standard InChI is InChI=1S/C11H20BrNO/c1-8(2)9(3)11(14)13-6-4-5-10(12)7-13/h8-10H,4-7H2,1-3H3. The van der Waals surface area contributed by atoms with E-state index in [9.17, 15) is 4.79 Å². The summed E-state index contributed by atoms with van der Waals surface area (Å²) in [6.07, 6.45) is 2.33. The monoisotopic (exact) mass is 261 g/mol. The van der Waals surface area contributed by atoms with Gasteiger partial charge in [-0.2, -0.15) is 0 Å². The van der Waals surface area contributed by atoms with Crippen LogP contribution in [0.25, 0.3) is 0 Å². The highest BCUT2D eigenvalue weighted by Crippen LogP contribution is 2.20. The molecule has 1 fully saturated rings. The summed E-state index contributed by atoms with van der Waals surface area (Å²) >= 11 is 3.59.